The van der Waals surface area contributed by atoms with E-state index in [1.165, 1.54) is 12.3 Å². The SMILES string of the molecule is O=C(Nc1cnccc1-c1ccccc1)c1ccnc(Nc2ccc(Cl)cc2Cl)n1. The summed E-state index contributed by atoms with van der Waals surface area (Å²) >= 11 is 12.1. The van der Waals surface area contributed by atoms with Gasteiger partial charge in [0.2, 0.25) is 5.95 Å². The quantitative estimate of drug-likeness (QED) is 0.411. The van der Waals surface area contributed by atoms with Gasteiger partial charge in [-0.15, -0.1) is 0 Å². The van der Waals surface area contributed by atoms with Crippen molar-refractivity contribution in [2.45, 2.75) is 0 Å². The molecule has 2 aromatic heterocycles. The van der Waals surface area contributed by atoms with Crippen LogP contribution >= 0.6 is 23.2 Å². The first-order chi connectivity index (χ1) is 14.6. The highest BCUT2D eigenvalue weighted by Crippen LogP contribution is 2.28. The van der Waals surface area contributed by atoms with Gasteiger partial charge in [-0.25, -0.2) is 9.97 Å². The van der Waals surface area contributed by atoms with Gasteiger partial charge >= 0.3 is 0 Å². The van der Waals surface area contributed by atoms with Crippen molar-refractivity contribution >= 4 is 46.4 Å². The van der Waals surface area contributed by atoms with Crippen molar-refractivity contribution in [3.05, 3.63) is 95.0 Å². The molecule has 2 aromatic carbocycles. The van der Waals surface area contributed by atoms with Gasteiger partial charge in [0.25, 0.3) is 5.91 Å². The molecule has 8 heteroatoms. The summed E-state index contributed by atoms with van der Waals surface area (Å²) in [5, 5.41) is 6.80. The van der Waals surface area contributed by atoms with Gasteiger partial charge < -0.3 is 10.6 Å². The van der Waals surface area contributed by atoms with Crippen LogP contribution in [0.5, 0.6) is 0 Å². The molecule has 0 aliphatic carbocycles. The zero-order chi connectivity index (χ0) is 20.9. The predicted octanol–water partition coefficient (Wildman–Crippen LogP) is 5.84. The second-order valence-corrected chi connectivity index (χ2v) is 7.10. The van der Waals surface area contributed by atoms with Gasteiger partial charge in [-0.1, -0.05) is 53.5 Å². The lowest BCUT2D eigenvalue weighted by Crippen LogP contribution is -2.15. The summed E-state index contributed by atoms with van der Waals surface area (Å²) in [6.07, 6.45) is 4.78. The second-order valence-electron chi connectivity index (χ2n) is 6.26. The van der Waals surface area contributed by atoms with E-state index in [9.17, 15) is 4.79 Å². The molecule has 4 rings (SSSR count). The van der Waals surface area contributed by atoms with Crippen LogP contribution in [0.2, 0.25) is 10.0 Å². The third-order valence-corrected chi connectivity index (χ3v) is 4.77. The third-order valence-electron chi connectivity index (χ3n) is 4.22. The Morgan fingerprint density at radius 1 is 0.900 bits per heavy atom. The van der Waals surface area contributed by atoms with Crippen LogP contribution in [-0.4, -0.2) is 20.9 Å². The highest BCUT2D eigenvalue weighted by atomic mass is 35.5. The fraction of sp³-hybridized carbons (Fsp3) is 0. The van der Waals surface area contributed by atoms with Crippen LogP contribution in [0.15, 0.2) is 79.3 Å². The number of carbonyl (C=O) groups is 1. The Bertz CT molecular complexity index is 1200. The number of pyridine rings is 1. The molecule has 0 aliphatic heterocycles. The normalized spacial score (nSPS) is 10.5. The molecule has 0 atom stereocenters. The molecule has 0 aliphatic rings. The average molecular weight is 436 g/mol. The van der Waals surface area contributed by atoms with Gasteiger partial charge in [0.05, 0.1) is 22.6 Å². The molecule has 0 fully saturated rings. The molecule has 2 N–H and O–H groups in total. The van der Waals surface area contributed by atoms with Crippen LogP contribution < -0.4 is 10.6 Å². The number of hydrogen-bond acceptors (Lipinski definition) is 5. The first-order valence-corrected chi connectivity index (χ1v) is 9.71. The van der Waals surface area contributed by atoms with Crippen molar-refractivity contribution in [1.29, 1.82) is 0 Å². The Hall–Kier alpha value is -3.48. The maximum absolute atomic E-state index is 12.8. The van der Waals surface area contributed by atoms with Gasteiger partial charge in [-0.3, -0.25) is 9.78 Å². The molecular weight excluding hydrogens is 421 g/mol. The molecule has 1 amide bonds. The van der Waals surface area contributed by atoms with Gasteiger partial charge in [0.1, 0.15) is 5.69 Å². The molecule has 0 saturated carbocycles. The number of amides is 1. The van der Waals surface area contributed by atoms with E-state index in [0.29, 0.717) is 21.4 Å². The molecule has 6 nitrogen and oxygen atoms in total. The third kappa shape index (κ3) is 4.56. The molecule has 0 unspecified atom stereocenters. The lowest BCUT2D eigenvalue weighted by molar-refractivity contribution is 0.102. The molecule has 0 spiro atoms. The summed E-state index contributed by atoms with van der Waals surface area (Å²) in [4.78, 5) is 25.4. The van der Waals surface area contributed by atoms with Crippen LogP contribution in [0.1, 0.15) is 10.5 Å². The van der Waals surface area contributed by atoms with Crippen LogP contribution in [0.25, 0.3) is 11.1 Å². The number of halogens is 2. The fourth-order valence-electron chi connectivity index (χ4n) is 2.81. The lowest BCUT2D eigenvalue weighted by Gasteiger charge is -2.11. The number of aromatic nitrogens is 3. The topological polar surface area (TPSA) is 79.8 Å². The number of nitrogens with one attached hydrogen (secondary N) is 2. The zero-order valence-corrected chi connectivity index (χ0v) is 17.0. The summed E-state index contributed by atoms with van der Waals surface area (Å²) in [7, 11) is 0. The Labute approximate surface area is 182 Å². The molecule has 2 heterocycles. The monoisotopic (exact) mass is 435 g/mol. The van der Waals surface area contributed by atoms with E-state index < -0.39 is 0 Å². The lowest BCUT2D eigenvalue weighted by atomic mass is 10.1. The van der Waals surface area contributed by atoms with Crippen molar-refractivity contribution in [3.8, 4) is 11.1 Å². The minimum absolute atomic E-state index is 0.195. The van der Waals surface area contributed by atoms with Crippen molar-refractivity contribution < 1.29 is 4.79 Å². The van der Waals surface area contributed by atoms with Gasteiger partial charge in [-0.05, 0) is 35.9 Å². The Morgan fingerprint density at radius 2 is 1.73 bits per heavy atom. The van der Waals surface area contributed by atoms with E-state index in [-0.39, 0.29) is 17.5 Å². The number of hydrogen-bond donors (Lipinski definition) is 2. The van der Waals surface area contributed by atoms with Crippen LogP contribution in [0, 0.1) is 0 Å². The second kappa shape index (κ2) is 8.90. The number of anilines is 3. The van der Waals surface area contributed by atoms with Crippen LogP contribution in [-0.2, 0) is 0 Å². The molecule has 0 radical (unpaired) electrons. The Balaban J connectivity index is 1.56. The maximum Gasteiger partial charge on any atom is 0.274 e. The Kier molecular flexibility index (Phi) is 5.88. The highest BCUT2D eigenvalue weighted by molar-refractivity contribution is 6.36. The van der Waals surface area contributed by atoms with Gasteiger partial charge in [0.15, 0.2) is 0 Å². The van der Waals surface area contributed by atoms with E-state index in [1.54, 1.807) is 30.6 Å². The van der Waals surface area contributed by atoms with E-state index >= 15 is 0 Å². The number of carbonyl (C=O) groups excluding carboxylic acids is 1. The largest absolute Gasteiger partial charge is 0.323 e. The summed E-state index contributed by atoms with van der Waals surface area (Å²) < 4.78 is 0. The van der Waals surface area contributed by atoms with Crippen molar-refractivity contribution in [2.75, 3.05) is 10.6 Å². The van der Waals surface area contributed by atoms with E-state index in [4.69, 9.17) is 23.2 Å². The Morgan fingerprint density at radius 3 is 2.53 bits per heavy atom. The highest BCUT2D eigenvalue weighted by Gasteiger charge is 2.13. The van der Waals surface area contributed by atoms with Crippen molar-refractivity contribution in [3.63, 3.8) is 0 Å². The van der Waals surface area contributed by atoms with E-state index in [2.05, 4.69) is 25.6 Å². The zero-order valence-electron chi connectivity index (χ0n) is 15.5. The number of benzene rings is 2. The first kappa shape index (κ1) is 19.8. The smallest absolute Gasteiger partial charge is 0.274 e. The van der Waals surface area contributed by atoms with Gasteiger partial charge in [-0.2, -0.15) is 0 Å². The first-order valence-electron chi connectivity index (χ1n) is 8.96. The van der Waals surface area contributed by atoms with Crippen LogP contribution in [0.3, 0.4) is 0 Å². The minimum Gasteiger partial charge on any atom is -0.323 e. The number of rotatable bonds is 5. The predicted molar refractivity (Wildman–Crippen MR) is 119 cm³/mol. The van der Waals surface area contributed by atoms with Gasteiger partial charge in [0, 0.05) is 23.0 Å². The summed E-state index contributed by atoms with van der Waals surface area (Å²) in [6.45, 7) is 0. The van der Waals surface area contributed by atoms with Crippen molar-refractivity contribution in [1.82, 2.24) is 15.0 Å². The molecular formula is C22H15Cl2N5O. The number of nitrogens with zero attached hydrogens (tertiary/aromatic N) is 3. The standard InChI is InChI=1S/C22H15Cl2N5O/c23-15-6-7-18(17(24)12-15)28-22-26-11-9-19(29-22)21(30)27-20-13-25-10-8-16(20)14-4-2-1-3-5-14/h1-13H,(H,27,30)(H,26,28,29). The van der Waals surface area contributed by atoms with Crippen LogP contribution in [0.4, 0.5) is 17.3 Å². The minimum atomic E-state index is -0.382. The average Bonchev–Trinajstić information content (AvgIpc) is 2.77. The molecule has 0 bridgehead atoms. The molecule has 4 aromatic rings. The fourth-order valence-corrected chi connectivity index (χ4v) is 3.26. The summed E-state index contributed by atoms with van der Waals surface area (Å²) in [5.74, 6) is -0.144. The molecule has 30 heavy (non-hydrogen) atoms. The van der Waals surface area contributed by atoms with Crippen molar-refractivity contribution in [2.24, 2.45) is 0 Å². The molecule has 148 valence electrons. The maximum atomic E-state index is 12.8. The summed E-state index contributed by atoms with van der Waals surface area (Å²) in [5.41, 5.74) is 3.19. The summed E-state index contributed by atoms with van der Waals surface area (Å²) in [6, 6.07) is 18.1. The van der Waals surface area contributed by atoms with E-state index in [1.807, 2.05) is 36.4 Å². The van der Waals surface area contributed by atoms with E-state index in [0.717, 1.165) is 11.1 Å². The molecule has 0 saturated heterocycles.